The summed E-state index contributed by atoms with van der Waals surface area (Å²) in [7, 11) is 4.01. The van der Waals surface area contributed by atoms with Crippen molar-refractivity contribution in [2.45, 2.75) is 0 Å². The van der Waals surface area contributed by atoms with Crippen LogP contribution in [0.2, 0.25) is 5.02 Å². The largest absolute Gasteiger partial charge is 0.378 e. The van der Waals surface area contributed by atoms with Crippen LogP contribution in [0.3, 0.4) is 0 Å². The van der Waals surface area contributed by atoms with Gasteiger partial charge in [0.25, 0.3) is 5.91 Å². The van der Waals surface area contributed by atoms with Crippen molar-refractivity contribution < 1.29 is 4.79 Å². The van der Waals surface area contributed by atoms with E-state index >= 15 is 0 Å². The Morgan fingerprint density at radius 2 is 1.88 bits per heavy atom. The standard InChI is InChI=1S/C20H19ClN4O/c1-24(2)17-8-10-18(11-9-17)25-12-4-7-19(25)14-22-23-20(26)15-5-3-6-16(21)13-15/h3-14H,1-2H3,(H,23,26)/b22-14-. The van der Waals surface area contributed by atoms with Gasteiger partial charge in [-0.15, -0.1) is 0 Å². The number of hydrazone groups is 1. The zero-order chi connectivity index (χ0) is 18.5. The molecule has 0 aliphatic heterocycles. The number of nitrogens with one attached hydrogen (secondary N) is 1. The summed E-state index contributed by atoms with van der Waals surface area (Å²) >= 11 is 5.90. The quantitative estimate of drug-likeness (QED) is 0.549. The minimum Gasteiger partial charge on any atom is -0.378 e. The lowest BCUT2D eigenvalue weighted by Crippen LogP contribution is -2.17. The second kappa shape index (κ2) is 7.89. The van der Waals surface area contributed by atoms with Crippen LogP contribution in [-0.4, -0.2) is 30.8 Å². The lowest BCUT2D eigenvalue weighted by molar-refractivity contribution is 0.0955. The van der Waals surface area contributed by atoms with E-state index in [0.29, 0.717) is 10.6 Å². The van der Waals surface area contributed by atoms with Gasteiger partial charge in [0.1, 0.15) is 0 Å². The third kappa shape index (κ3) is 4.13. The first kappa shape index (κ1) is 17.8. The second-order valence-electron chi connectivity index (χ2n) is 5.92. The maximum atomic E-state index is 12.1. The molecule has 2 aromatic carbocycles. The lowest BCUT2D eigenvalue weighted by atomic mass is 10.2. The molecule has 1 N–H and O–H groups in total. The molecule has 0 unspecified atom stereocenters. The minimum atomic E-state index is -0.308. The molecule has 132 valence electrons. The van der Waals surface area contributed by atoms with Crippen molar-refractivity contribution >= 4 is 29.4 Å². The van der Waals surface area contributed by atoms with Crippen molar-refractivity contribution in [1.82, 2.24) is 9.99 Å². The number of hydrogen-bond donors (Lipinski definition) is 1. The van der Waals surface area contributed by atoms with Crippen LogP contribution < -0.4 is 10.3 Å². The van der Waals surface area contributed by atoms with Gasteiger partial charge in [-0.3, -0.25) is 4.79 Å². The van der Waals surface area contributed by atoms with E-state index in [9.17, 15) is 4.79 Å². The molecular weight excluding hydrogens is 348 g/mol. The van der Waals surface area contributed by atoms with E-state index in [-0.39, 0.29) is 5.91 Å². The summed E-state index contributed by atoms with van der Waals surface area (Å²) < 4.78 is 1.99. The van der Waals surface area contributed by atoms with Gasteiger partial charge in [0.2, 0.25) is 0 Å². The number of carbonyl (C=O) groups is 1. The zero-order valence-electron chi connectivity index (χ0n) is 14.6. The molecule has 0 aliphatic rings. The number of carbonyl (C=O) groups excluding carboxylic acids is 1. The fourth-order valence-electron chi connectivity index (χ4n) is 2.50. The van der Waals surface area contributed by atoms with Crippen LogP contribution in [0.15, 0.2) is 72.0 Å². The summed E-state index contributed by atoms with van der Waals surface area (Å²) in [5, 5.41) is 4.57. The van der Waals surface area contributed by atoms with E-state index in [1.54, 1.807) is 30.5 Å². The Morgan fingerprint density at radius 1 is 1.12 bits per heavy atom. The molecule has 5 nitrogen and oxygen atoms in total. The lowest BCUT2D eigenvalue weighted by Gasteiger charge is -2.13. The molecule has 0 bridgehead atoms. The zero-order valence-corrected chi connectivity index (χ0v) is 15.3. The molecule has 1 aromatic heterocycles. The van der Waals surface area contributed by atoms with E-state index in [1.165, 1.54) is 0 Å². The van der Waals surface area contributed by atoms with Gasteiger partial charge in [-0.25, -0.2) is 5.43 Å². The number of rotatable bonds is 5. The molecule has 0 spiro atoms. The number of amides is 1. The molecule has 3 rings (SSSR count). The molecule has 3 aromatic rings. The van der Waals surface area contributed by atoms with Gasteiger partial charge >= 0.3 is 0 Å². The van der Waals surface area contributed by atoms with E-state index in [1.807, 2.05) is 54.0 Å². The molecule has 0 aliphatic carbocycles. The van der Waals surface area contributed by atoms with Crippen molar-refractivity contribution in [2.24, 2.45) is 5.10 Å². The highest BCUT2D eigenvalue weighted by Gasteiger charge is 2.05. The topological polar surface area (TPSA) is 49.6 Å². The fourth-order valence-corrected chi connectivity index (χ4v) is 2.69. The highest BCUT2D eigenvalue weighted by Crippen LogP contribution is 2.17. The van der Waals surface area contributed by atoms with Gasteiger partial charge in [-0.2, -0.15) is 5.10 Å². The first-order chi connectivity index (χ1) is 12.5. The number of halogens is 1. The first-order valence-electron chi connectivity index (χ1n) is 8.09. The average Bonchev–Trinajstić information content (AvgIpc) is 3.10. The van der Waals surface area contributed by atoms with Gasteiger partial charge in [0.15, 0.2) is 0 Å². The first-order valence-corrected chi connectivity index (χ1v) is 8.46. The Bertz CT molecular complexity index is 929. The van der Waals surface area contributed by atoms with Crippen LogP contribution in [0.5, 0.6) is 0 Å². The monoisotopic (exact) mass is 366 g/mol. The number of hydrogen-bond acceptors (Lipinski definition) is 3. The molecular formula is C20H19ClN4O. The molecule has 6 heteroatoms. The SMILES string of the molecule is CN(C)c1ccc(-n2cccc2/C=N\NC(=O)c2cccc(Cl)c2)cc1. The van der Waals surface area contributed by atoms with Crippen LogP contribution in [0.25, 0.3) is 5.69 Å². The maximum absolute atomic E-state index is 12.1. The molecule has 0 saturated carbocycles. The van der Waals surface area contributed by atoms with Crippen molar-refractivity contribution in [1.29, 1.82) is 0 Å². The maximum Gasteiger partial charge on any atom is 0.271 e. The number of aromatic nitrogens is 1. The van der Waals surface area contributed by atoms with Crippen LogP contribution in [-0.2, 0) is 0 Å². The van der Waals surface area contributed by atoms with Crippen molar-refractivity contribution in [3.05, 3.63) is 83.1 Å². The van der Waals surface area contributed by atoms with Crippen LogP contribution in [0, 0.1) is 0 Å². The van der Waals surface area contributed by atoms with E-state index in [4.69, 9.17) is 11.6 Å². The molecule has 1 amide bonds. The van der Waals surface area contributed by atoms with Crippen LogP contribution in [0.1, 0.15) is 16.1 Å². The highest BCUT2D eigenvalue weighted by molar-refractivity contribution is 6.30. The second-order valence-corrected chi connectivity index (χ2v) is 6.36. The molecule has 0 fully saturated rings. The summed E-state index contributed by atoms with van der Waals surface area (Å²) in [5.41, 5.74) is 5.98. The predicted octanol–water partition coefficient (Wildman–Crippen LogP) is 3.96. The minimum absolute atomic E-state index is 0.308. The van der Waals surface area contributed by atoms with Gasteiger partial charge in [-0.05, 0) is 54.6 Å². The summed E-state index contributed by atoms with van der Waals surface area (Å²) in [6.07, 6.45) is 3.56. The Kier molecular flexibility index (Phi) is 5.39. The van der Waals surface area contributed by atoms with Crippen molar-refractivity contribution in [3.63, 3.8) is 0 Å². The van der Waals surface area contributed by atoms with E-state index < -0.39 is 0 Å². The Labute approximate surface area is 157 Å². The highest BCUT2D eigenvalue weighted by atomic mass is 35.5. The summed E-state index contributed by atoms with van der Waals surface area (Å²) in [4.78, 5) is 14.1. The third-order valence-corrected chi connectivity index (χ3v) is 4.11. The summed E-state index contributed by atoms with van der Waals surface area (Å²) in [5.74, 6) is -0.308. The summed E-state index contributed by atoms with van der Waals surface area (Å²) in [6.45, 7) is 0. The van der Waals surface area contributed by atoms with Gasteiger partial charge in [-0.1, -0.05) is 17.7 Å². The van der Waals surface area contributed by atoms with Gasteiger partial charge in [0, 0.05) is 42.3 Å². The number of nitrogens with zero attached hydrogens (tertiary/aromatic N) is 3. The van der Waals surface area contributed by atoms with Gasteiger partial charge in [0.05, 0.1) is 11.9 Å². The van der Waals surface area contributed by atoms with Crippen LogP contribution in [0.4, 0.5) is 5.69 Å². The number of anilines is 1. The van der Waals surface area contributed by atoms with Crippen molar-refractivity contribution in [3.8, 4) is 5.69 Å². The third-order valence-electron chi connectivity index (χ3n) is 3.87. The molecule has 0 atom stereocenters. The Morgan fingerprint density at radius 3 is 2.58 bits per heavy atom. The van der Waals surface area contributed by atoms with E-state index in [0.717, 1.165) is 17.1 Å². The van der Waals surface area contributed by atoms with E-state index in [2.05, 4.69) is 22.7 Å². The number of benzene rings is 2. The molecule has 0 radical (unpaired) electrons. The fraction of sp³-hybridized carbons (Fsp3) is 0.100. The average molecular weight is 367 g/mol. The molecule has 1 heterocycles. The normalized spacial score (nSPS) is 10.9. The Balaban J connectivity index is 1.72. The van der Waals surface area contributed by atoms with Crippen molar-refractivity contribution in [2.75, 3.05) is 19.0 Å². The van der Waals surface area contributed by atoms with Crippen LogP contribution >= 0.6 is 11.6 Å². The predicted molar refractivity (Wildman–Crippen MR) is 107 cm³/mol. The Hall–Kier alpha value is -3.05. The van der Waals surface area contributed by atoms with Gasteiger partial charge < -0.3 is 9.47 Å². The molecule has 26 heavy (non-hydrogen) atoms. The molecule has 0 saturated heterocycles. The smallest absolute Gasteiger partial charge is 0.271 e. The summed E-state index contributed by atoms with van der Waals surface area (Å²) in [6, 6.07) is 18.8.